The molecule has 0 radical (unpaired) electrons. The molecular weight excluding hydrogens is 470 g/mol. The number of aromatic nitrogens is 4. The molecule has 1 aromatic carbocycles. The van der Waals surface area contributed by atoms with Crippen LogP contribution in [0, 0.1) is 46.3 Å². The van der Waals surface area contributed by atoms with Crippen LogP contribution >= 0.6 is 0 Å². The summed E-state index contributed by atoms with van der Waals surface area (Å²) in [6, 6.07) is 7.68. The monoisotopic (exact) mass is 488 g/mol. The summed E-state index contributed by atoms with van der Waals surface area (Å²) in [6.07, 6.45) is 5.33. The van der Waals surface area contributed by atoms with E-state index in [-0.39, 0.29) is 41.7 Å². The van der Waals surface area contributed by atoms with Crippen LogP contribution < -0.4 is 4.90 Å². The van der Waals surface area contributed by atoms with E-state index >= 15 is 8.78 Å². The van der Waals surface area contributed by atoms with Crippen molar-refractivity contribution in [1.29, 1.82) is 10.5 Å². The highest BCUT2D eigenvalue weighted by atomic mass is 19.1. The van der Waals surface area contributed by atoms with Gasteiger partial charge in [0.15, 0.2) is 6.19 Å². The molecule has 4 atom stereocenters. The van der Waals surface area contributed by atoms with Gasteiger partial charge in [-0.3, -0.25) is 9.88 Å². The average molecular weight is 488 g/mol. The van der Waals surface area contributed by atoms with Crippen LogP contribution in [-0.4, -0.2) is 56.7 Å². The Morgan fingerprint density at radius 3 is 2.47 bits per heavy atom. The molecule has 3 aromatic rings. The number of ether oxygens (including phenoxy) is 1. The zero-order valence-electron chi connectivity index (χ0n) is 18.8. The molecule has 3 fully saturated rings. The van der Waals surface area contributed by atoms with Crippen LogP contribution in [0.4, 0.5) is 19.3 Å². The van der Waals surface area contributed by atoms with Crippen LogP contribution in [-0.2, 0) is 16.7 Å². The van der Waals surface area contributed by atoms with Gasteiger partial charge in [-0.15, -0.1) is 5.10 Å². The second-order valence-electron chi connectivity index (χ2n) is 9.16. The van der Waals surface area contributed by atoms with Crippen molar-refractivity contribution < 1.29 is 18.3 Å². The zero-order chi connectivity index (χ0) is 25.0. The summed E-state index contributed by atoms with van der Waals surface area (Å²) >= 11 is 0. The van der Waals surface area contributed by atoms with Gasteiger partial charge in [0.05, 0.1) is 42.3 Å². The number of fused-ring (bicyclic) bond motifs is 1. The topological polar surface area (TPSA) is 124 Å². The Labute approximate surface area is 203 Å². The highest BCUT2D eigenvalue weighted by Gasteiger charge is 2.71. The number of carbonyl (C=O) groups is 1. The molecule has 12 heteroatoms. The fraction of sp³-hybridized carbons (Fsp3) is 0.333. The van der Waals surface area contributed by atoms with Crippen molar-refractivity contribution in [1.82, 2.24) is 24.9 Å². The maximum absolute atomic E-state index is 15.1. The van der Waals surface area contributed by atoms with Crippen molar-refractivity contribution >= 4 is 11.8 Å². The van der Waals surface area contributed by atoms with E-state index in [1.807, 2.05) is 0 Å². The Bertz CT molecular complexity index is 1390. The average Bonchev–Trinajstić information content (AvgIpc) is 3.37. The molecule has 36 heavy (non-hydrogen) atoms. The standard InChI is InChI=1S/C24H18F2N8O2/c25-19-5-15(34-9-16(36-23(34)35)8-33-4-3-30-31-33)6-20(26)22(19)14-1-2-21(29-7-14)24(12-27)17-10-32(13-28)11-18(17)24/h1-7,16-18H,8-11H2/t16-,17-,18+,24?/m0/s1. The number of pyridine rings is 1. The molecule has 2 aliphatic heterocycles. The van der Waals surface area contributed by atoms with E-state index in [0.29, 0.717) is 18.8 Å². The molecule has 2 aromatic heterocycles. The second kappa shape index (κ2) is 7.99. The summed E-state index contributed by atoms with van der Waals surface area (Å²) in [6.45, 7) is 1.38. The lowest BCUT2D eigenvalue weighted by molar-refractivity contribution is 0.129. The van der Waals surface area contributed by atoms with Crippen LogP contribution in [0.25, 0.3) is 11.1 Å². The Balaban J connectivity index is 1.22. The first-order valence-electron chi connectivity index (χ1n) is 11.3. The van der Waals surface area contributed by atoms with Crippen LogP contribution in [0.15, 0.2) is 42.9 Å². The number of carbonyl (C=O) groups excluding carboxylic acids is 1. The number of amides is 1. The number of piperidine rings is 1. The van der Waals surface area contributed by atoms with Crippen molar-refractivity contribution in [2.45, 2.75) is 18.1 Å². The number of halogens is 2. The van der Waals surface area contributed by atoms with Gasteiger partial charge >= 0.3 is 6.09 Å². The molecule has 4 heterocycles. The van der Waals surface area contributed by atoms with E-state index in [0.717, 1.165) is 12.1 Å². The molecule has 0 spiro atoms. The largest absolute Gasteiger partial charge is 0.442 e. The number of rotatable bonds is 5. The molecule has 1 saturated carbocycles. The van der Waals surface area contributed by atoms with E-state index in [9.17, 15) is 10.1 Å². The van der Waals surface area contributed by atoms with Gasteiger partial charge in [-0.1, -0.05) is 11.3 Å². The van der Waals surface area contributed by atoms with Gasteiger partial charge < -0.3 is 9.64 Å². The van der Waals surface area contributed by atoms with E-state index in [1.54, 1.807) is 17.2 Å². The van der Waals surface area contributed by atoms with Gasteiger partial charge in [0.1, 0.15) is 23.2 Å². The number of hydrogen-bond acceptors (Lipinski definition) is 8. The predicted octanol–water partition coefficient (Wildman–Crippen LogP) is 2.45. The van der Waals surface area contributed by atoms with E-state index < -0.39 is 29.2 Å². The van der Waals surface area contributed by atoms with Crippen molar-refractivity contribution in [3.8, 4) is 23.4 Å². The third-order valence-corrected chi connectivity index (χ3v) is 7.26. The minimum Gasteiger partial charge on any atom is -0.442 e. The summed E-state index contributed by atoms with van der Waals surface area (Å²) in [4.78, 5) is 19.5. The van der Waals surface area contributed by atoms with Gasteiger partial charge in [0.25, 0.3) is 0 Å². The highest BCUT2D eigenvalue weighted by molar-refractivity contribution is 5.90. The maximum Gasteiger partial charge on any atom is 0.414 e. The minimum atomic E-state index is -0.852. The van der Waals surface area contributed by atoms with Gasteiger partial charge in [-0.2, -0.15) is 10.5 Å². The highest BCUT2D eigenvalue weighted by Crippen LogP contribution is 2.62. The Morgan fingerprint density at radius 2 is 1.89 bits per heavy atom. The smallest absolute Gasteiger partial charge is 0.414 e. The van der Waals surface area contributed by atoms with E-state index in [4.69, 9.17) is 10.00 Å². The first-order valence-corrected chi connectivity index (χ1v) is 11.3. The molecule has 6 rings (SSSR count). The Hall–Kier alpha value is -4.58. The van der Waals surface area contributed by atoms with Gasteiger partial charge in [0, 0.05) is 42.9 Å². The van der Waals surface area contributed by atoms with Crippen LogP contribution in [0.3, 0.4) is 0 Å². The molecule has 180 valence electrons. The third kappa shape index (κ3) is 3.26. The van der Waals surface area contributed by atoms with Gasteiger partial charge in [0.2, 0.25) is 0 Å². The second-order valence-corrected chi connectivity index (χ2v) is 9.16. The lowest BCUT2D eigenvalue weighted by Crippen LogP contribution is -2.26. The number of cyclic esters (lactones) is 1. The maximum atomic E-state index is 15.1. The van der Waals surface area contributed by atoms with Crippen molar-refractivity contribution in [3.63, 3.8) is 0 Å². The SMILES string of the molecule is N#CN1C[C@@H]2[C@H](C1)C2(C#N)c1ccc(-c2c(F)cc(N3C[C@H](Cn4ccnn4)OC3=O)cc2F)cn1. The molecule has 0 bridgehead atoms. The molecule has 1 amide bonds. The van der Waals surface area contributed by atoms with Gasteiger partial charge in [-0.25, -0.2) is 18.3 Å². The number of likely N-dealkylation sites (tertiary alicyclic amines) is 1. The first kappa shape index (κ1) is 21.9. The summed E-state index contributed by atoms with van der Waals surface area (Å²) in [5.41, 5.74) is -0.253. The summed E-state index contributed by atoms with van der Waals surface area (Å²) in [5, 5.41) is 26.4. The summed E-state index contributed by atoms with van der Waals surface area (Å²) < 4.78 is 37.0. The number of benzene rings is 1. The van der Waals surface area contributed by atoms with Crippen LogP contribution in [0.5, 0.6) is 0 Å². The van der Waals surface area contributed by atoms with E-state index in [2.05, 4.69) is 27.6 Å². The quantitative estimate of drug-likeness (QED) is 0.502. The molecule has 1 aliphatic carbocycles. The fourth-order valence-electron chi connectivity index (χ4n) is 5.46. The van der Waals surface area contributed by atoms with Crippen molar-refractivity contribution in [3.05, 3.63) is 60.2 Å². The van der Waals surface area contributed by atoms with Crippen LogP contribution in [0.2, 0.25) is 0 Å². The number of anilines is 1. The normalized spacial score (nSPS) is 26.3. The van der Waals surface area contributed by atoms with Gasteiger partial charge in [-0.05, 0) is 18.2 Å². The number of nitriles is 2. The molecule has 0 N–H and O–H groups in total. The number of hydrogen-bond donors (Lipinski definition) is 0. The minimum absolute atomic E-state index is 0.0156. The lowest BCUT2D eigenvalue weighted by Gasteiger charge is -2.18. The Kier molecular flexibility index (Phi) is 4.86. The molecular formula is C24H18F2N8O2. The van der Waals surface area contributed by atoms with Crippen LogP contribution in [0.1, 0.15) is 5.69 Å². The zero-order valence-corrected chi connectivity index (χ0v) is 18.8. The molecule has 1 unspecified atom stereocenters. The van der Waals surface area contributed by atoms with Crippen molar-refractivity contribution in [2.24, 2.45) is 11.8 Å². The molecule has 3 aliphatic rings. The third-order valence-electron chi connectivity index (χ3n) is 7.26. The number of nitrogens with zero attached hydrogens (tertiary/aromatic N) is 8. The lowest BCUT2D eigenvalue weighted by atomic mass is 9.95. The fourth-order valence-corrected chi connectivity index (χ4v) is 5.46. The first-order chi connectivity index (χ1) is 17.4. The Morgan fingerprint density at radius 1 is 1.14 bits per heavy atom. The van der Waals surface area contributed by atoms with Crippen molar-refractivity contribution in [2.75, 3.05) is 24.5 Å². The molecule has 10 nitrogen and oxygen atoms in total. The summed E-state index contributed by atoms with van der Waals surface area (Å²) in [7, 11) is 0. The molecule has 2 saturated heterocycles. The summed E-state index contributed by atoms with van der Waals surface area (Å²) in [5.74, 6) is -1.67. The predicted molar refractivity (Wildman–Crippen MR) is 119 cm³/mol. The van der Waals surface area contributed by atoms with E-state index in [1.165, 1.54) is 28.0 Å².